The number of esters is 1. The molecule has 0 aromatic rings. The summed E-state index contributed by atoms with van der Waals surface area (Å²) in [5.74, 6) is -1.06. The van der Waals surface area contributed by atoms with E-state index >= 15 is 0 Å². The van der Waals surface area contributed by atoms with Gasteiger partial charge >= 0.3 is 21.3 Å². The molecule has 2 atom stereocenters. The minimum absolute atomic E-state index is 0.0526. The second kappa shape index (κ2) is 5.43. The van der Waals surface area contributed by atoms with E-state index in [1.54, 1.807) is 0 Å². The molecule has 1 rings (SSSR count). The molecule has 10 heteroatoms. The first kappa shape index (κ1) is 15.2. The monoisotopic (exact) mass is 289 g/mol. The summed E-state index contributed by atoms with van der Waals surface area (Å²) in [7, 11) is -5.64. The van der Waals surface area contributed by atoms with Crippen LogP contribution < -0.4 is 5.32 Å². The lowest BCUT2D eigenvalue weighted by Crippen LogP contribution is -2.50. The van der Waals surface area contributed by atoms with Crippen molar-refractivity contribution in [1.29, 1.82) is 0 Å². The number of hydrogen-bond donors (Lipinski definition) is 2. The third-order valence-electron chi connectivity index (χ3n) is 2.32. The number of carbonyl (C=O) groups excluding carboxylic acids is 1. The predicted octanol–water partition coefficient (Wildman–Crippen LogP) is -0.613. The van der Waals surface area contributed by atoms with E-state index in [1.165, 1.54) is 0 Å². The molecule has 1 aliphatic rings. The van der Waals surface area contributed by atoms with Crippen molar-refractivity contribution in [1.82, 2.24) is 5.32 Å². The lowest BCUT2D eigenvalue weighted by Gasteiger charge is -2.26. The van der Waals surface area contributed by atoms with Crippen molar-refractivity contribution in [2.45, 2.75) is 24.3 Å². The molecule has 1 heterocycles. The molecule has 1 fully saturated rings. The summed E-state index contributed by atoms with van der Waals surface area (Å²) >= 11 is 0. The molecular formula is C8H13F2NO6S. The minimum Gasteiger partial charge on any atom is -0.454 e. The zero-order valence-electron chi connectivity index (χ0n) is 9.43. The van der Waals surface area contributed by atoms with Crippen LogP contribution in [0.4, 0.5) is 8.78 Å². The van der Waals surface area contributed by atoms with E-state index in [9.17, 15) is 22.0 Å². The second-order valence-corrected chi connectivity index (χ2v) is 5.19. The van der Waals surface area contributed by atoms with E-state index < -0.39 is 33.5 Å². The van der Waals surface area contributed by atoms with Crippen molar-refractivity contribution in [3.63, 3.8) is 0 Å². The molecule has 0 spiro atoms. The van der Waals surface area contributed by atoms with Crippen LogP contribution in [0.5, 0.6) is 0 Å². The highest BCUT2D eigenvalue weighted by Gasteiger charge is 2.52. The number of morpholine rings is 1. The average molecular weight is 289 g/mol. The molecule has 106 valence electrons. The number of halogens is 2. The SMILES string of the molecule is CC(OC(=O)C1COCCN1)C(F)(F)S(=O)(=O)O. The molecule has 0 radical (unpaired) electrons. The van der Waals surface area contributed by atoms with Gasteiger partial charge in [-0.05, 0) is 6.92 Å². The van der Waals surface area contributed by atoms with Gasteiger partial charge in [0.05, 0.1) is 13.2 Å². The van der Waals surface area contributed by atoms with Crippen LogP contribution in [0, 0.1) is 0 Å². The third-order valence-corrected chi connectivity index (χ3v) is 3.34. The maximum Gasteiger partial charge on any atom is 0.405 e. The van der Waals surface area contributed by atoms with Crippen LogP contribution in [0.25, 0.3) is 0 Å². The first-order valence-electron chi connectivity index (χ1n) is 5.02. The summed E-state index contributed by atoms with van der Waals surface area (Å²) in [6, 6.07) is -0.932. The van der Waals surface area contributed by atoms with Crippen LogP contribution in [0.3, 0.4) is 0 Å². The summed E-state index contributed by atoms with van der Waals surface area (Å²) < 4.78 is 64.6. The van der Waals surface area contributed by atoms with Gasteiger partial charge in [0, 0.05) is 6.54 Å². The average Bonchev–Trinajstić information content (AvgIpc) is 2.28. The Hall–Kier alpha value is -0.840. The highest BCUT2D eigenvalue weighted by Crippen LogP contribution is 2.27. The Balaban J connectivity index is 2.64. The maximum absolute atomic E-state index is 13.1. The fourth-order valence-electron chi connectivity index (χ4n) is 1.25. The van der Waals surface area contributed by atoms with Crippen LogP contribution >= 0.6 is 0 Å². The summed E-state index contributed by atoms with van der Waals surface area (Å²) in [6.45, 7) is 1.35. The van der Waals surface area contributed by atoms with Crippen LogP contribution in [0.1, 0.15) is 6.92 Å². The van der Waals surface area contributed by atoms with Crippen molar-refractivity contribution in [2.24, 2.45) is 0 Å². The highest BCUT2D eigenvalue weighted by atomic mass is 32.2. The van der Waals surface area contributed by atoms with Crippen molar-refractivity contribution < 1.29 is 36.0 Å². The molecule has 2 unspecified atom stereocenters. The van der Waals surface area contributed by atoms with Gasteiger partial charge < -0.3 is 14.8 Å². The molecule has 0 aliphatic carbocycles. The van der Waals surface area contributed by atoms with Crippen molar-refractivity contribution in [2.75, 3.05) is 19.8 Å². The number of alkyl halides is 2. The second-order valence-electron chi connectivity index (χ2n) is 3.70. The van der Waals surface area contributed by atoms with Crippen molar-refractivity contribution >= 4 is 16.1 Å². The summed E-state index contributed by atoms with van der Waals surface area (Å²) in [5, 5.41) is -1.90. The van der Waals surface area contributed by atoms with Crippen LogP contribution in [-0.2, 0) is 24.4 Å². The summed E-state index contributed by atoms with van der Waals surface area (Å²) in [5.41, 5.74) is 0. The Labute approximate surface area is 102 Å². The van der Waals surface area contributed by atoms with Gasteiger partial charge in [0.15, 0.2) is 6.10 Å². The quantitative estimate of drug-likeness (QED) is 0.525. The first-order valence-corrected chi connectivity index (χ1v) is 6.46. The van der Waals surface area contributed by atoms with Gasteiger partial charge in [0.25, 0.3) is 0 Å². The van der Waals surface area contributed by atoms with Gasteiger partial charge in [0.1, 0.15) is 6.04 Å². The van der Waals surface area contributed by atoms with E-state index in [2.05, 4.69) is 10.1 Å². The van der Waals surface area contributed by atoms with E-state index in [-0.39, 0.29) is 6.61 Å². The summed E-state index contributed by atoms with van der Waals surface area (Å²) in [6.07, 6.45) is -2.30. The Bertz CT molecular complexity index is 406. The highest BCUT2D eigenvalue weighted by molar-refractivity contribution is 7.86. The number of rotatable bonds is 4. The third kappa shape index (κ3) is 3.34. The van der Waals surface area contributed by atoms with E-state index in [0.29, 0.717) is 20.1 Å². The molecule has 0 saturated carbocycles. The normalized spacial score (nSPS) is 23.4. The smallest absolute Gasteiger partial charge is 0.405 e. The Kier molecular flexibility index (Phi) is 4.59. The maximum atomic E-state index is 13.1. The largest absolute Gasteiger partial charge is 0.454 e. The van der Waals surface area contributed by atoms with Crippen LogP contribution in [0.15, 0.2) is 0 Å². The van der Waals surface area contributed by atoms with Crippen molar-refractivity contribution in [3.8, 4) is 0 Å². The number of ether oxygens (including phenoxy) is 2. The van der Waals surface area contributed by atoms with Crippen LogP contribution in [-0.4, -0.2) is 56.1 Å². The van der Waals surface area contributed by atoms with Gasteiger partial charge in [-0.1, -0.05) is 0 Å². The Morgan fingerprint density at radius 2 is 2.22 bits per heavy atom. The van der Waals surface area contributed by atoms with Gasteiger partial charge in [0.2, 0.25) is 0 Å². The molecule has 0 aromatic heterocycles. The van der Waals surface area contributed by atoms with Gasteiger partial charge in [-0.25, -0.2) is 0 Å². The van der Waals surface area contributed by atoms with E-state index in [4.69, 9.17) is 9.29 Å². The standard InChI is InChI=1S/C8H13F2NO6S/c1-5(8(9,10)18(13,14)15)17-7(12)6-4-16-3-2-11-6/h5-6,11H,2-4H2,1H3,(H,13,14,15). The van der Waals surface area contributed by atoms with E-state index in [0.717, 1.165) is 0 Å². The molecule has 0 aromatic carbocycles. The molecule has 7 nitrogen and oxygen atoms in total. The fourth-order valence-corrected chi connectivity index (χ4v) is 1.72. The van der Waals surface area contributed by atoms with Gasteiger partial charge in [-0.3, -0.25) is 9.35 Å². The van der Waals surface area contributed by atoms with Gasteiger partial charge in [-0.2, -0.15) is 17.2 Å². The number of carbonyl (C=O) groups is 1. The Morgan fingerprint density at radius 1 is 1.61 bits per heavy atom. The summed E-state index contributed by atoms with van der Waals surface area (Å²) in [4.78, 5) is 11.4. The predicted molar refractivity (Wildman–Crippen MR) is 54.7 cm³/mol. The topological polar surface area (TPSA) is 102 Å². The number of hydrogen-bond acceptors (Lipinski definition) is 6. The lowest BCUT2D eigenvalue weighted by molar-refractivity contribution is -0.164. The van der Waals surface area contributed by atoms with E-state index in [1.807, 2.05) is 0 Å². The Morgan fingerprint density at radius 3 is 2.67 bits per heavy atom. The van der Waals surface area contributed by atoms with Crippen molar-refractivity contribution in [3.05, 3.63) is 0 Å². The fraction of sp³-hybridized carbons (Fsp3) is 0.875. The molecule has 18 heavy (non-hydrogen) atoms. The lowest BCUT2D eigenvalue weighted by atomic mass is 10.3. The molecule has 0 bridgehead atoms. The number of nitrogens with one attached hydrogen (secondary N) is 1. The molecule has 2 N–H and O–H groups in total. The van der Waals surface area contributed by atoms with Crippen LogP contribution in [0.2, 0.25) is 0 Å². The molecule has 0 amide bonds. The first-order chi connectivity index (χ1) is 8.16. The zero-order valence-corrected chi connectivity index (χ0v) is 10.2. The molecule has 1 aliphatic heterocycles. The molecular weight excluding hydrogens is 276 g/mol. The minimum atomic E-state index is -5.64. The van der Waals surface area contributed by atoms with Gasteiger partial charge in [-0.15, -0.1) is 0 Å². The zero-order chi connectivity index (χ0) is 14.0. The molecule has 1 saturated heterocycles.